The predicted octanol–water partition coefficient (Wildman–Crippen LogP) is 9.63. The standard InChI is InChI=1S/C52H60N2O7/c1-4-36-15-16-37-10-8-9-13-43(37)44(36)29-46-38(17-19-48(57)52(46)60-3)27-40(22-34-20-21-54-32-34)49(58)30-50(59)45(39-23-35(31-53-2)24-41(55)28-39)25-33-14-18-47(56)51(26-33)61-42-11-6-5-7-12-42/h8-10,13-21,23-24,26,28,32,40,42,45,49,53-58H,4-7,11-12,22,25,27,29-31H2,1-3H3/t40-,45+,49+/m0/s1. The number of aromatic nitrogens is 1. The van der Waals surface area contributed by atoms with Crippen molar-refractivity contribution in [1.29, 1.82) is 0 Å². The van der Waals surface area contributed by atoms with E-state index in [4.69, 9.17) is 9.47 Å². The van der Waals surface area contributed by atoms with Crippen molar-refractivity contribution in [3.8, 4) is 28.7 Å². The number of methoxy groups -OCH3 is 1. The summed E-state index contributed by atoms with van der Waals surface area (Å²) in [6.07, 6.45) is 10.4. The summed E-state index contributed by atoms with van der Waals surface area (Å²) in [5.41, 5.74) is 7.44. The van der Waals surface area contributed by atoms with Gasteiger partial charge in [0.1, 0.15) is 11.5 Å². The molecule has 61 heavy (non-hydrogen) atoms. The predicted molar refractivity (Wildman–Crippen MR) is 241 cm³/mol. The fourth-order valence-corrected chi connectivity index (χ4v) is 9.30. The molecule has 7 rings (SSSR count). The highest BCUT2D eigenvalue weighted by molar-refractivity contribution is 5.88. The van der Waals surface area contributed by atoms with Crippen LogP contribution in [0.2, 0.25) is 0 Å². The van der Waals surface area contributed by atoms with E-state index in [1.807, 2.05) is 61.9 Å². The molecule has 0 amide bonds. The van der Waals surface area contributed by atoms with Crippen molar-refractivity contribution in [1.82, 2.24) is 10.3 Å². The first-order valence-electron chi connectivity index (χ1n) is 21.8. The summed E-state index contributed by atoms with van der Waals surface area (Å²) in [5.74, 6) is -0.285. The maximum absolute atomic E-state index is 14.8. The minimum Gasteiger partial charge on any atom is -0.508 e. The van der Waals surface area contributed by atoms with Crippen LogP contribution in [0.5, 0.6) is 28.7 Å². The molecule has 6 aromatic rings. The van der Waals surface area contributed by atoms with Crippen LogP contribution in [0.1, 0.15) is 95.9 Å². The Balaban J connectivity index is 1.22. The molecule has 0 unspecified atom stereocenters. The average molecular weight is 825 g/mol. The van der Waals surface area contributed by atoms with Crippen LogP contribution in [-0.4, -0.2) is 57.6 Å². The number of aliphatic hydroxyl groups is 1. The molecule has 1 fully saturated rings. The fourth-order valence-electron chi connectivity index (χ4n) is 9.30. The quantitative estimate of drug-likeness (QED) is 0.0474. The fraction of sp³-hybridized carbons (Fsp3) is 0.365. The number of nitrogens with one attached hydrogen (secondary N) is 2. The first-order valence-corrected chi connectivity index (χ1v) is 21.8. The zero-order valence-corrected chi connectivity index (χ0v) is 35.6. The lowest BCUT2D eigenvalue weighted by Crippen LogP contribution is -2.30. The maximum atomic E-state index is 14.8. The van der Waals surface area contributed by atoms with E-state index in [-0.39, 0.29) is 47.9 Å². The number of carbonyl (C=O) groups is 1. The number of aromatic hydroxyl groups is 3. The number of ketones is 1. The topological polar surface area (TPSA) is 144 Å². The van der Waals surface area contributed by atoms with Crippen LogP contribution in [-0.2, 0) is 43.4 Å². The van der Waals surface area contributed by atoms with Gasteiger partial charge in [0.15, 0.2) is 23.0 Å². The Morgan fingerprint density at radius 2 is 1.61 bits per heavy atom. The van der Waals surface area contributed by atoms with Crippen LogP contribution in [0, 0.1) is 5.92 Å². The second-order valence-corrected chi connectivity index (χ2v) is 16.7. The summed E-state index contributed by atoms with van der Waals surface area (Å²) in [7, 11) is 3.40. The number of aliphatic hydroxyl groups excluding tert-OH is 1. The normalized spacial score (nSPS) is 14.8. The molecule has 5 aromatic carbocycles. The number of ether oxygens (including phenoxy) is 2. The molecule has 1 aliphatic carbocycles. The van der Waals surface area contributed by atoms with Gasteiger partial charge in [-0.25, -0.2) is 0 Å². The highest BCUT2D eigenvalue weighted by Crippen LogP contribution is 2.39. The van der Waals surface area contributed by atoms with Gasteiger partial charge in [0.05, 0.1) is 19.3 Å². The van der Waals surface area contributed by atoms with Crippen LogP contribution in [0.25, 0.3) is 10.8 Å². The maximum Gasteiger partial charge on any atom is 0.164 e. The van der Waals surface area contributed by atoms with Crippen molar-refractivity contribution in [3.63, 3.8) is 0 Å². The third-order valence-corrected chi connectivity index (χ3v) is 12.5. The summed E-state index contributed by atoms with van der Waals surface area (Å²) in [6.45, 7) is 2.64. The molecule has 0 saturated heterocycles. The van der Waals surface area contributed by atoms with Gasteiger partial charge in [-0.2, -0.15) is 0 Å². The Morgan fingerprint density at radius 1 is 0.820 bits per heavy atom. The average Bonchev–Trinajstić information content (AvgIpc) is 3.78. The number of aromatic amines is 1. The number of rotatable bonds is 19. The lowest BCUT2D eigenvalue weighted by Gasteiger charge is -2.27. The Morgan fingerprint density at radius 3 is 2.36 bits per heavy atom. The van der Waals surface area contributed by atoms with Gasteiger partial charge in [-0.3, -0.25) is 4.79 Å². The van der Waals surface area contributed by atoms with Gasteiger partial charge in [-0.05, 0) is 150 Å². The molecule has 3 atom stereocenters. The van der Waals surface area contributed by atoms with E-state index in [0.717, 1.165) is 76.3 Å². The van der Waals surface area contributed by atoms with Crippen LogP contribution in [0.4, 0.5) is 0 Å². The monoisotopic (exact) mass is 824 g/mol. The summed E-state index contributed by atoms with van der Waals surface area (Å²) in [4.78, 5) is 18.0. The van der Waals surface area contributed by atoms with Crippen molar-refractivity contribution in [2.45, 2.75) is 102 Å². The molecular weight excluding hydrogens is 765 g/mol. The molecule has 9 nitrogen and oxygen atoms in total. The minimum absolute atomic E-state index is 0.0319. The summed E-state index contributed by atoms with van der Waals surface area (Å²) < 4.78 is 12.2. The highest BCUT2D eigenvalue weighted by Gasteiger charge is 2.31. The van der Waals surface area contributed by atoms with E-state index in [1.54, 1.807) is 31.4 Å². The van der Waals surface area contributed by atoms with Gasteiger partial charge in [0.25, 0.3) is 0 Å². The lowest BCUT2D eigenvalue weighted by molar-refractivity contribution is -0.123. The Bertz CT molecular complexity index is 2400. The number of H-pyrrole nitrogens is 1. The van der Waals surface area contributed by atoms with Gasteiger partial charge in [-0.15, -0.1) is 0 Å². The molecule has 0 bridgehead atoms. The van der Waals surface area contributed by atoms with E-state index in [1.165, 1.54) is 12.0 Å². The lowest BCUT2D eigenvalue weighted by atomic mass is 9.80. The first-order chi connectivity index (χ1) is 29.6. The van der Waals surface area contributed by atoms with Gasteiger partial charge >= 0.3 is 0 Å². The Labute approximate surface area is 359 Å². The molecule has 0 spiro atoms. The zero-order valence-electron chi connectivity index (χ0n) is 35.6. The largest absolute Gasteiger partial charge is 0.508 e. The Kier molecular flexibility index (Phi) is 14.3. The van der Waals surface area contributed by atoms with Crippen molar-refractivity contribution in [2.24, 2.45) is 5.92 Å². The number of phenols is 3. The molecule has 6 N–H and O–H groups in total. The van der Waals surface area contributed by atoms with Crippen molar-refractivity contribution < 1.29 is 34.7 Å². The third kappa shape index (κ3) is 10.6. The van der Waals surface area contributed by atoms with Crippen molar-refractivity contribution >= 4 is 16.6 Å². The minimum atomic E-state index is -1.04. The number of phenolic OH excluding ortho intramolecular Hbond substituents is 3. The molecule has 1 aromatic heterocycles. The summed E-state index contributed by atoms with van der Waals surface area (Å²) >= 11 is 0. The Hall–Kier alpha value is -5.77. The second-order valence-electron chi connectivity index (χ2n) is 16.7. The molecule has 1 aliphatic rings. The van der Waals surface area contributed by atoms with E-state index < -0.39 is 12.0 Å². The van der Waals surface area contributed by atoms with Crippen molar-refractivity contribution in [3.05, 3.63) is 148 Å². The number of benzene rings is 5. The number of Topliss-reactive ketones (excluding diaryl/α,β-unsaturated/α-hetero) is 1. The SMILES string of the molecule is CCc1ccc2ccccc2c1Cc1c(C[C@H](Cc2cc[nH]c2)[C@H](O)CC(=O)[C@H](Cc2ccc(O)c(OC3CCCCC3)c2)c2cc(O)cc(CNC)c2)ccc(O)c1OC. The van der Waals surface area contributed by atoms with Crippen molar-refractivity contribution in [2.75, 3.05) is 14.2 Å². The number of carbonyl (C=O) groups excluding carboxylic acids is 1. The molecule has 1 saturated carbocycles. The molecule has 1 heterocycles. The summed E-state index contributed by atoms with van der Waals surface area (Å²) in [5, 5.41) is 50.5. The van der Waals surface area contributed by atoms with Gasteiger partial charge < -0.3 is 40.2 Å². The highest BCUT2D eigenvalue weighted by atomic mass is 16.5. The first kappa shape index (κ1) is 43.3. The zero-order chi connectivity index (χ0) is 42.9. The molecule has 9 heteroatoms. The summed E-state index contributed by atoms with van der Waals surface area (Å²) in [6, 6.07) is 28.7. The second kappa shape index (κ2) is 20.2. The van der Waals surface area contributed by atoms with E-state index >= 15 is 0 Å². The molecular formula is C52H60N2O7. The van der Waals surface area contributed by atoms with Crippen LogP contribution >= 0.6 is 0 Å². The van der Waals surface area contributed by atoms with Crippen LogP contribution in [0.3, 0.4) is 0 Å². The van der Waals surface area contributed by atoms with E-state index in [0.29, 0.717) is 42.9 Å². The van der Waals surface area contributed by atoms with Gasteiger partial charge in [0, 0.05) is 43.3 Å². The number of hydrogen-bond donors (Lipinski definition) is 6. The number of hydrogen-bond acceptors (Lipinski definition) is 8. The van der Waals surface area contributed by atoms with Gasteiger partial charge in [0.2, 0.25) is 0 Å². The van der Waals surface area contributed by atoms with Crippen LogP contribution < -0.4 is 14.8 Å². The molecule has 320 valence electrons. The number of fused-ring (bicyclic) bond motifs is 1. The third-order valence-electron chi connectivity index (χ3n) is 12.5. The molecule has 0 radical (unpaired) electrons. The van der Waals surface area contributed by atoms with E-state index in [2.05, 4.69) is 41.5 Å². The van der Waals surface area contributed by atoms with Gasteiger partial charge in [-0.1, -0.05) is 67.9 Å². The van der Waals surface area contributed by atoms with Crippen LogP contribution in [0.15, 0.2) is 103 Å². The molecule has 0 aliphatic heterocycles. The van der Waals surface area contributed by atoms with E-state index in [9.17, 15) is 25.2 Å². The smallest absolute Gasteiger partial charge is 0.164 e. The number of aryl methyl sites for hydroxylation is 1.